The van der Waals surface area contributed by atoms with Gasteiger partial charge >= 0.3 is 0 Å². The van der Waals surface area contributed by atoms with Crippen molar-refractivity contribution in [3.8, 4) is 0 Å². The van der Waals surface area contributed by atoms with E-state index in [9.17, 15) is 9.59 Å². The number of nitrogens with zero attached hydrogens (tertiary/aromatic N) is 2. The number of para-hydroxylation sites is 1. The Bertz CT molecular complexity index is 1220. The lowest BCUT2D eigenvalue weighted by Crippen LogP contribution is -2.44. The van der Waals surface area contributed by atoms with E-state index in [1.54, 1.807) is 17.3 Å². The molecule has 1 aromatic carbocycles. The molecule has 2 N–H and O–H groups in total. The van der Waals surface area contributed by atoms with Crippen molar-refractivity contribution in [3.63, 3.8) is 0 Å². The molecule has 32 heavy (non-hydrogen) atoms. The molecule has 2 bridgehead atoms. The Morgan fingerprint density at radius 3 is 2.97 bits per heavy atom. The predicted octanol–water partition coefficient (Wildman–Crippen LogP) is 2.20. The van der Waals surface area contributed by atoms with E-state index < -0.39 is 17.4 Å². The molecule has 7 nitrogen and oxygen atoms in total. The van der Waals surface area contributed by atoms with Crippen LogP contribution in [-0.2, 0) is 27.3 Å². The first-order chi connectivity index (χ1) is 15.6. The molecule has 6 rings (SSSR count). The summed E-state index contributed by atoms with van der Waals surface area (Å²) in [5.41, 5.74) is 2.59. The van der Waals surface area contributed by atoms with Gasteiger partial charge in [-0.3, -0.25) is 14.6 Å². The quantitative estimate of drug-likeness (QED) is 0.590. The van der Waals surface area contributed by atoms with Crippen LogP contribution < -0.4 is 5.32 Å². The Hall–Kier alpha value is -3.45. The van der Waals surface area contributed by atoms with E-state index >= 15 is 0 Å². The van der Waals surface area contributed by atoms with Gasteiger partial charge in [0.1, 0.15) is 5.60 Å². The number of pyridine rings is 1. The lowest BCUT2D eigenvalue weighted by Gasteiger charge is -2.23. The van der Waals surface area contributed by atoms with E-state index in [2.05, 4.69) is 21.4 Å². The minimum atomic E-state index is -0.687. The topological polar surface area (TPSA) is 87.3 Å². The normalized spacial score (nSPS) is 27.9. The number of hydrogen-bond acceptors (Lipinski definition) is 4. The summed E-state index contributed by atoms with van der Waals surface area (Å²) < 4.78 is 6.21. The second-order valence-corrected chi connectivity index (χ2v) is 8.85. The first kappa shape index (κ1) is 19.3. The Labute approximate surface area is 185 Å². The molecule has 5 heterocycles. The Balaban J connectivity index is 1.15. The van der Waals surface area contributed by atoms with Gasteiger partial charge in [0.25, 0.3) is 0 Å². The molecule has 0 unspecified atom stereocenters. The van der Waals surface area contributed by atoms with Crippen LogP contribution in [0.25, 0.3) is 10.9 Å². The van der Waals surface area contributed by atoms with E-state index in [0.717, 1.165) is 17.5 Å². The van der Waals surface area contributed by atoms with Crippen molar-refractivity contribution < 1.29 is 14.3 Å². The number of nitrogens with one attached hydrogen (secondary N) is 2. The van der Waals surface area contributed by atoms with Crippen LogP contribution in [-0.4, -0.2) is 51.5 Å². The average molecular weight is 428 g/mol. The summed E-state index contributed by atoms with van der Waals surface area (Å²) in [6.45, 7) is 1.49. The predicted molar refractivity (Wildman–Crippen MR) is 118 cm³/mol. The zero-order valence-corrected chi connectivity index (χ0v) is 17.5. The van der Waals surface area contributed by atoms with Crippen molar-refractivity contribution in [1.82, 2.24) is 20.2 Å². The van der Waals surface area contributed by atoms with Crippen LogP contribution in [0.1, 0.15) is 11.1 Å². The molecular weight excluding hydrogens is 404 g/mol. The molecule has 7 heteroatoms. The van der Waals surface area contributed by atoms with Gasteiger partial charge in [0, 0.05) is 42.6 Å². The van der Waals surface area contributed by atoms with Crippen LogP contribution in [0.3, 0.4) is 0 Å². The number of ether oxygens (including phenoxy) is 1. The van der Waals surface area contributed by atoms with Crippen LogP contribution in [0, 0.1) is 11.8 Å². The Morgan fingerprint density at radius 1 is 1.25 bits per heavy atom. The standard InChI is InChI=1S/C25H24N4O3/c30-23(27-12-8-17-13-28-19-4-2-1-3-18(17)19)21-20-5-9-25(32-20)15-29(24(31)22(21)25)14-16-6-10-26-11-7-16/h1-7,9-11,13,20-22,28H,8,12,14-15H2,(H,27,30)/t20-,21-,22+,25+/m1/s1. The summed E-state index contributed by atoms with van der Waals surface area (Å²) in [6.07, 6.45) is 9.77. The summed E-state index contributed by atoms with van der Waals surface area (Å²) >= 11 is 0. The second-order valence-electron chi connectivity index (χ2n) is 8.85. The first-order valence-electron chi connectivity index (χ1n) is 11.0. The number of rotatable bonds is 6. The minimum absolute atomic E-state index is 0.00885. The molecule has 0 aliphatic carbocycles. The van der Waals surface area contributed by atoms with Crippen LogP contribution in [0.5, 0.6) is 0 Å². The average Bonchev–Trinajstić information content (AvgIpc) is 3.55. The van der Waals surface area contributed by atoms with Gasteiger partial charge in [-0.15, -0.1) is 0 Å². The number of likely N-dealkylation sites (tertiary alicyclic amines) is 1. The van der Waals surface area contributed by atoms with Crippen molar-refractivity contribution >= 4 is 22.7 Å². The summed E-state index contributed by atoms with van der Waals surface area (Å²) in [5.74, 6) is -1.07. The molecule has 3 aliphatic rings. The van der Waals surface area contributed by atoms with Gasteiger partial charge in [-0.1, -0.05) is 30.4 Å². The number of carbonyl (C=O) groups is 2. The highest BCUT2D eigenvalue weighted by molar-refractivity contribution is 5.93. The number of benzene rings is 1. The van der Waals surface area contributed by atoms with Crippen molar-refractivity contribution in [1.29, 1.82) is 0 Å². The van der Waals surface area contributed by atoms with E-state index in [-0.39, 0.29) is 17.9 Å². The zero-order valence-electron chi connectivity index (χ0n) is 17.5. The molecule has 0 saturated carbocycles. The van der Waals surface area contributed by atoms with Gasteiger partial charge in [0.05, 0.1) is 24.5 Å². The summed E-state index contributed by atoms with van der Waals surface area (Å²) in [5, 5.41) is 4.23. The van der Waals surface area contributed by atoms with Gasteiger partial charge in [0.15, 0.2) is 0 Å². The summed E-state index contributed by atoms with van der Waals surface area (Å²) in [7, 11) is 0. The Morgan fingerprint density at radius 2 is 2.09 bits per heavy atom. The fraction of sp³-hybridized carbons (Fsp3) is 0.320. The molecule has 2 fully saturated rings. The maximum atomic E-state index is 13.3. The molecule has 0 radical (unpaired) electrons. The maximum absolute atomic E-state index is 13.3. The van der Waals surface area contributed by atoms with Gasteiger partial charge in [0.2, 0.25) is 11.8 Å². The lowest BCUT2D eigenvalue weighted by molar-refractivity contribution is -0.137. The monoisotopic (exact) mass is 428 g/mol. The number of amides is 2. The van der Waals surface area contributed by atoms with Crippen LogP contribution in [0.2, 0.25) is 0 Å². The molecule has 2 aromatic heterocycles. The minimum Gasteiger partial charge on any atom is -0.361 e. The number of fused-ring (bicyclic) bond motifs is 2. The van der Waals surface area contributed by atoms with E-state index in [4.69, 9.17) is 4.74 Å². The second kappa shape index (κ2) is 7.31. The SMILES string of the molecule is O=C(NCCc1c[nH]c2ccccc12)[C@H]1[C@H]2C(=O)N(Cc3ccncc3)C[C@@]23C=C[C@H]1O3. The summed E-state index contributed by atoms with van der Waals surface area (Å²) in [4.78, 5) is 35.6. The van der Waals surface area contributed by atoms with E-state index in [1.165, 1.54) is 10.9 Å². The third-order valence-corrected chi connectivity index (χ3v) is 6.97. The van der Waals surface area contributed by atoms with Gasteiger partial charge < -0.3 is 19.9 Å². The van der Waals surface area contributed by atoms with Crippen molar-refractivity contribution in [2.45, 2.75) is 24.7 Å². The van der Waals surface area contributed by atoms with E-state index in [0.29, 0.717) is 19.6 Å². The fourth-order valence-electron chi connectivity index (χ4n) is 5.50. The Kier molecular flexibility index (Phi) is 4.40. The zero-order chi connectivity index (χ0) is 21.7. The van der Waals surface area contributed by atoms with Crippen LogP contribution in [0.4, 0.5) is 0 Å². The van der Waals surface area contributed by atoms with Crippen LogP contribution in [0.15, 0.2) is 67.1 Å². The molecular formula is C25H24N4O3. The molecule has 2 saturated heterocycles. The molecule has 162 valence electrons. The molecule has 3 aromatic rings. The molecule has 3 aliphatic heterocycles. The van der Waals surface area contributed by atoms with Gasteiger partial charge in [-0.05, 0) is 35.7 Å². The van der Waals surface area contributed by atoms with Crippen LogP contribution >= 0.6 is 0 Å². The number of hydrogen-bond donors (Lipinski definition) is 2. The summed E-state index contributed by atoms with van der Waals surface area (Å²) in [6, 6.07) is 11.9. The van der Waals surface area contributed by atoms with E-state index in [1.807, 2.05) is 48.7 Å². The lowest BCUT2D eigenvalue weighted by atomic mass is 9.77. The van der Waals surface area contributed by atoms with Gasteiger partial charge in [-0.2, -0.15) is 0 Å². The van der Waals surface area contributed by atoms with Crippen molar-refractivity contribution in [2.24, 2.45) is 11.8 Å². The first-order valence-corrected chi connectivity index (χ1v) is 11.0. The highest BCUT2D eigenvalue weighted by atomic mass is 16.5. The highest BCUT2D eigenvalue weighted by Gasteiger charge is 2.66. The van der Waals surface area contributed by atoms with Gasteiger partial charge in [-0.25, -0.2) is 0 Å². The largest absolute Gasteiger partial charge is 0.361 e. The third kappa shape index (κ3) is 2.96. The molecule has 1 spiro atoms. The number of carbonyl (C=O) groups excluding carboxylic acids is 2. The number of H-pyrrole nitrogens is 1. The number of aromatic nitrogens is 2. The maximum Gasteiger partial charge on any atom is 0.230 e. The third-order valence-electron chi connectivity index (χ3n) is 6.97. The van der Waals surface area contributed by atoms with Crippen molar-refractivity contribution in [3.05, 3.63) is 78.3 Å². The highest BCUT2D eigenvalue weighted by Crippen LogP contribution is 2.52. The fourth-order valence-corrected chi connectivity index (χ4v) is 5.50. The molecule has 4 atom stereocenters. The smallest absolute Gasteiger partial charge is 0.230 e. The molecule has 2 amide bonds. The number of aromatic amines is 1. The van der Waals surface area contributed by atoms with Crippen molar-refractivity contribution in [2.75, 3.05) is 13.1 Å².